The van der Waals surface area contributed by atoms with Gasteiger partial charge in [-0.05, 0) is 25.5 Å². The number of carbonyl (C=O) groups excluding carboxylic acids is 1. The molecule has 4 heteroatoms. The summed E-state index contributed by atoms with van der Waals surface area (Å²) in [6.07, 6.45) is 1.95. The van der Waals surface area contributed by atoms with Crippen LogP contribution in [-0.4, -0.2) is 34.5 Å². The summed E-state index contributed by atoms with van der Waals surface area (Å²) in [5, 5.41) is 9.73. The van der Waals surface area contributed by atoms with Crippen LogP contribution in [0, 0.1) is 6.92 Å². The number of phenols is 1. The van der Waals surface area contributed by atoms with Crippen molar-refractivity contribution in [1.82, 2.24) is 4.90 Å². The van der Waals surface area contributed by atoms with Crippen molar-refractivity contribution in [1.29, 1.82) is 0 Å². The third kappa shape index (κ3) is 2.34. The van der Waals surface area contributed by atoms with Gasteiger partial charge in [0.25, 0.3) is 5.91 Å². The summed E-state index contributed by atoms with van der Waals surface area (Å²) in [4.78, 5) is 13.9. The zero-order valence-corrected chi connectivity index (χ0v) is 10.9. The molecule has 0 aromatic heterocycles. The van der Waals surface area contributed by atoms with Crippen molar-refractivity contribution < 1.29 is 9.90 Å². The van der Waals surface area contributed by atoms with Gasteiger partial charge in [0, 0.05) is 13.1 Å². The van der Waals surface area contributed by atoms with E-state index < -0.39 is 0 Å². The lowest BCUT2D eigenvalue weighted by molar-refractivity contribution is 0.0383. The molecule has 4 nitrogen and oxygen atoms in total. The van der Waals surface area contributed by atoms with Gasteiger partial charge in [0.05, 0.1) is 11.1 Å². The molecule has 1 aromatic rings. The molecule has 0 radical (unpaired) electrons. The molecule has 0 unspecified atom stereocenters. The number of phenolic OH excluding ortho intramolecular Hbond substituents is 1. The Labute approximate surface area is 107 Å². The van der Waals surface area contributed by atoms with Gasteiger partial charge in [-0.3, -0.25) is 4.79 Å². The van der Waals surface area contributed by atoms with Gasteiger partial charge in [-0.2, -0.15) is 0 Å². The monoisotopic (exact) mass is 248 g/mol. The predicted molar refractivity (Wildman–Crippen MR) is 70.6 cm³/mol. The SMILES string of the molecule is CCCC1(N)CN(C(=O)c2cc(C)ccc2O)C1. The Morgan fingerprint density at radius 3 is 2.78 bits per heavy atom. The maximum Gasteiger partial charge on any atom is 0.257 e. The molecule has 1 aromatic carbocycles. The van der Waals surface area contributed by atoms with Crippen molar-refractivity contribution >= 4 is 5.91 Å². The molecule has 98 valence electrons. The number of likely N-dealkylation sites (tertiary alicyclic amines) is 1. The van der Waals surface area contributed by atoms with E-state index in [0.29, 0.717) is 18.7 Å². The van der Waals surface area contributed by atoms with Gasteiger partial charge in [0.2, 0.25) is 0 Å². The van der Waals surface area contributed by atoms with Crippen LogP contribution in [0.25, 0.3) is 0 Å². The molecule has 3 N–H and O–H groups in total. The van der Waals surface area contributed by atoms with Crippen LogP contribution in [0.5, 0.6) is 5.75 Å². The van der Waals surface area contributed by atoms with E-state index in [1.807, 2.05) is 6.92 Å². The van der Waals surface area contributed by atoms with Crippen LogP contribution in [0.1, 0.15) is 35.7 Å². The first-order valence-corrected chi connectivity index (χ1v) is 6.33. The van der Waals surface area contributed by atoms with E-state index in [4.69, 9.17) is 5.73 Å². The maximum absolute atomic E-state index is 12.2. The van der Waals surface area contributed by atoms with Crippen LogP contribution >= 0.6 is 0 Å². The number of nitrogens with zero attached hydrogens (tertiary/aromatic N) is 1. The highest BCUT2D eigenvalue weighted by Gasteiger charge is 2.41. The van der Waals surface area contributed by atoms with E-state index >= 15 is 0 Å². The highest BCUT2D eigenvalue weighted by atomic mass is 16.3. The molecular weight excluding hydrogens is 228 g/mol. The lowest BCUT2D eigenvalue weighted by Crippen LogP contribution is -2.68. The van der Waals surface area contributed by atoms with Crippen LogP contribution in [-0.2, 0) is 0 Å². The van der Waals surface area contributed by atoms with Crippen molar-refractivity contribution in [2.75, 3.05) is 13.1 Å². The average Bonchev–Trinajstić information content (AvgIpc) is 2.28. The van der Waals surface area contributed by atoms with Crippen LogP contribution in [0.3, 0.4) is 0 Å². The Hall–Kier alpha value is -1.55. The fourth-order valence-electron chi connectivity index (χ4n) is 2.51. The Bertz CT molecular complexity index is 465. The second-order valence-corrected chi connectivity index (χ2v) is 5.29. The van der Waals surface area contributed by atoms with Gasteiger partial charge >= 0.3 is 0 Å². The molecule has 18 heavy (non-hydrogen) atoms. The van der Waals surface area contributed by atoms with Crippen molar-refractivity contribution in [3.8, 4) is 5.75 Å². The number of carbonyl (C=O) groups is 1. The van der Waals surface area contributed by atoms with Crippen molar-refractivity contribution in [3.63, 3.8) is 0 Å². The molecule has 2 rings (SSSR count). The van der Waals surface area contributed by atoms with Gasteiger partial charge < -0.3 is 15.7 Å². The maximum atomic E-state index is 12.2. The van der Waals surface area contributed by atoms with E-state index in [1.54, 1.807) is 23.1 Å². The van der Waals surface area contributed by atoms with E-state index in [2.05, 4.69) is 6.92 Å². The number of hydrogen-bond acceptors (Lipinski definition) is 3. The van der Waals surface area contributed by atoms with E-state index in [9.17, 15) is 9.90 Å². The standard InChI is InChI=1S/C14H20N2O2/c1-3-6-14(15)8-16(9-14)13(18)11-7-10(2)4-5-12(11)17/h4-5,7,17H,3,6,8-9,15H2,1-2H3. The second kappa shape index (κ2) is 4.61. The quantitative estimate of drug-likeness (QED) is 0.854. The average molecular weight is 248 g/mol. The largest absolute Gasteiger partial charge is 0.507 e. The van der Waals surface area contributed by atoms with Gasteiger partial charge in [-0.25, -0.2) is 0 Å². The molecule has 1 fully saturated rings. The number of nitrogens with two attached hydrogens (primary N) is 1. The van der Waals surface area contributed by atoms with Gasteiger partial charge in [0.15, 0.2) is 0 Å². The normalized spacial score (nSPS) is 17.4. The first-order valence-electron chi connectivity index (χ1n) is 6.33. The third-order valence-corrected chi connectivity index (χ3v) is 3.43. The summed E-state index contributed by atoms with van der Waals surface area (Å²) in [6, 6.07) is 5.06. The number of hydrogen-bond donors (Lipinski definition) is 2. The highest BCUT2D eigenvalue weighted by Crippen LogP contribution is 2.28. The Kier molecular flexibility index (Phi) is 3.30. The fraction of sp³-hybridized carbons (Fsp3) is 0.500. The summed E-state index contributed by atoms with van der Waals surface area (Å²) < 4.78 is 0. The molecule has 1 amide bonds. The van der Waals surface area contributed by atoms with Gasteiger partial charge in [0.1, 0.15) is 5.75 Å². The number of rotatable bonds is 3. The zero-order chi connectivity index (χ0) is 13.3. The minimum Gasteiger partial charge on any atom is -0.507 e. The summed E-state index contributed by atoms with van der Waals surface area (Å²) in [5.74, 6) is -0.0935. The zero-order valence-electron chi connectivity index (χ0n) is 10.9. The number of aromatic hydroxyl groups is 1. The summed E-state index contributed by atoms with van der Waals surface area (Å²) in [7, 11) is 0. The molecule has 0 bridgehead atoms. The lowest BCUT2D eigenvalue weighted by Gasteiger charge is -2.47. The van der Waals surface area contributed by atoms with Crippen molar-refractivity contribution in [2.45, 2.75) is 32.2 Å². The smallest absolute Gasteiger partial charge is 0.257 e. The number of benzene rings is 1. The minimum absolute atomic E-state index is 0.0376. The number of aryl methyl sites for hydroxylation is 1. The molecule has 0 spiro atoms. The molecule has 0 aliphatic carbocycles. The van der Waals surface area contributed by atoms with Gasteiger partial charge in [-0.1, -0.05) is 25.0 Å². The van der Waals surface area contributed by atoms with Crippen LogP contribution in [0.15, 0.2) is 18.2 Å². The second-order valence-electron chi connectivity index (χ2n) is 5.29. The van der Waals surface area contributed by atoms with Gasteiger partial charge in [-0.15, -0.1) is 0 Å². The molecule has 1 saturated heterocycles. The van der Waals surface area contributed by atoms with Crippen molar-refractivity contribution in [3.05, 3.63) is 29.3 Å². The molecule has 1 aliphatic rings. The summed E-state index contributed by atoms with van der Waals surface area (Å²) >= 11 is 0. The molecule has 0 saturated carbocycles. The van der Waals surface area contributed by atoms with E-state index in [0.717, 1.165) is 18.4 Å². The molecular formula is C14H20N2O2. The first-order chi connectivity index (χ1) is 8.45. The Morgan fingerprint density at radius 1 is 1.50 bits per heavy atom. The molecule has 1 aliphatic heterocycles. The van der Waals surface area contributed by atoms with Crippen LogP contribution in [0.4, 0.5) is 0 Å². The van der Waals surface area contributed by atoms with E-state index in [-0.39, 0.29) is 17.2 Å². The fourth-order valence-corrected chi connectivity index (χ4v) is 2.51. The summed E-state index contributed by atoms with van der Waals surface area (Å²) in [6.45, 7) is 5.14. The third-order valence-electron chi connectivity index (χ3n) is 3.43. The van der Waals surface area contributed by atoms with Crippen molar-refractivity contribution in [2.24, 2.45) is 5.73 Å². The van der Waals surface area contributed by atoms with Crippen LogP contribution < -0.4 is 5.73 Å². The molecule has 1 heterocycles. The Morgan fingerprint density at radius 2 is 2.17 bits per heavy atom. The lowest BCUT2D eigenvalue weighted by atomic mass is 9.86. The topological polar surface area (TPSA) is 66.6 Å². The Balaban J connectivity index is 2.08. The minimum atomic E-state index is -0.232. The predicted octanol–water partition coefficient (Wildman–Crippen LogP) is 1.65. The number of amides is 1. The summed E-state index contributed by atoms with van der Waals surface area (Å²) in [5.41, 5.74) is 7.23. The highest BCUT2D eigenvalue weighted by molar-refractivity contribution is 5.97. The molecule has 0 atom stereocenters. The first kappa shape index (κ1) is 12.9. The van der Waals surface area contributed by atoms with E-state index in [1.165, 1.54) is 0 Å². The van der Waals surface area contributed by atoms with Crippen LogP contribution in [0.2, 0.25) is 0 Å².